The van der Waals surface area contributed by atoms with Crippen LogP contribution in [0.15, 0.2) is 42.6 Å². The monoisotopic (exact) mass is 323 g/mol. The Morgan fingerprint density at radius 1 is 1.13 bits per heavy atom. The molecule has 1 aromatic carbocycles. The van der Waals surface area contributed by atoms with E-state index >= 15 is 0 Å². The number of hydrogen-bond donors (Lipinski definition) is 1. The first-order chi connectivity index (χ1) is 11.3. The molecule has 0 unspecified atom stereocenters. The van der Waals surface area contributed by atoms with Crippen molar-refractivity contribution in [2.24, 2.45) is 0 Å². The molecule has 1 N–H and O–H groups in total. The second-order valence-electron chi connectivity index (χ2n) is 5.84. The normalized spacial score (nSPS) is 15.1. The molecule has 0 aliphatic heterocycles. The topological polar surface area (TPSA) is 54.9 Å². The third-order valence-corrected chi connectivity index (χ3v) is 5.28. The van der Waals surface area contributed by atoms with Crippen LogP contribution < -0.4 is 5.32 Å². The number of nitrogens with zero attached hydrogens (tertiary/aromatic N) is 2. The van der Waals surface area contributed by atoms with Crippen LogP contribution in [0.4, 0.5) is 0 Å². The summed E-state index contributed by atoms with van der Waals surface area (Å²) >= 11 is 1.57. The molecule has 0 spiro atoms. The zero-order valence-electron chi connectivity index (χ0n) is 12.7. The van der Waals surface area contributed by atoms with Crippen molar-refractivity contribution in [2.75, 3.05) is 0 Å². The number of fused-ring (bicyclic) bond motifs is 1. The summed E-state index contributed by atoms with van der Waals surface area (Å²) < 4.78 is 1.11. The summed E-state index contributed by atoms with van der Waals surface area (Å²) in [4.78, 5) is 21.7. The van der Waals surface area contributed by atoms with Crippen LogP contribution >= 0.6 is 11.3 Å². The molecule has 3 aromatic rings. The van der Waals surface area contributed by atoms with Crippen molar-refractivity contribution in [3.05, 3.63) is 48.2 Å². The second-order valence-corrected chi connectivity index (χ2v) is 6.87. The molecule has 1 amide bonds. The summed E-state index contributed by atoms with van der Waals surface area (Å²) in [7, 11) is 0. The van der Waals surface area contributed by atoms with E-state index in [1.807, 2.05) is 30.3 Å². The van der Waals surface area contributed by atoms with Crippen LogP contribution in [0.5, 0.6) is 0 Å². The second kappa shape index (κ2) is 6.08. The highest BCUT2D eigenvalue weighted by Gasteiger charge is 2.21. The van der Waals surface area contributed by atoms with Crippen molar-refractivity contribution in [1.29, 1.82) is 0 Å². The van der Waals surface area contributed by atoms with Crippen molar-refractivity contribution in [2.45, 2.75) is 31.7 Å². The number of amides is 1. The molecule has 0 atom stereocenters. The van der Waals surface area contributed by atoms with Gasteiger partial charge >= 0.3 is 0 Å². The lowest BCUT2D eigenvalue weighted by molar-refractivity contribution is 0.0938. The minimum Gasteiger partial charge on any atom is -0.349 e. The van der Waals surface area contributed by atoms with Gasteiger partial charge in [0.25, 0.3) is 5.91 Å². The number of thiazole rings is 1. The van der Waals surface area contributed by atoms with Crippen molar-refractivity contribution in [1.82, 2.24) is 15.3 Å². The molecule has 2 aromatic heterocycles. The van der Waals surface area contributed by atoms with E-state index in [0.717, 1.165) is 28.1 Å². The molecule has 1 fully saturated rings. The Bertz CT molecular complexity index is 819. The Labute approximate surface area is 138 Å². The Kier molecular flexibility index (Phi) is 3.79. The molecule has 0 bridgehead atoms. The summed E-state index contributed by atoms with van der Waals surface area (Å²) in [5.74, 6) is -0.0424. The Morgan fingerprint density at radius 2 is 1.96 bits per heavy atom. The van der Waals surface area contributed by atoms with Crippen molar-refractivity contribution in [3.63, 3.8) is 0 Å². The van der Waals surface area contributed by atoms with Gasteiger partial charge in [-0.15, -0.1) is 11.3 Å². The SMILES string of the molecule is O=C(NC1CCCC1)c1cccnc1-c1nc2ccccc2s1. The van der Waals surface area contributed by atoms with Gasteiger partial charge in [0.1, 0.15) is 10.7 Å². The van der Waals surface area contributed by atoms with Crippen LogP contribution in [-0.2, 0) is 0 Å². The lowest BCUT2D eigenvalue weighted by atomic mass is 10.1. The largest absolute Gasteiger partial charge is 0.349 e. The molecule has 1 aliphatic carbocycles. The fraction of sp³-hybridized carbons (Fsp3) is 0.278. The average Bonchev–Trinajstić information content (AvgIpc) is 3.23. The van der Waals surface area contributed by atoms with Crippen LogP contribution in [0.2, 0.25) is 0 Å². The average molecular weight is 323 g/mol. The number of nitrogens with one attached hydrogen (secondary N) is 1. The molecule has 116 valence electrons. The summed E-state index contributed by atoms with van der Waals surface area (Å²) in [5.41, 5.74) is 2.22. The number of carbonyl (C=O) groups is 1. The lowest BCUT2D eigenvalue weighted by Crippen LogP contribution is -2.33. The fourth-order valence-corrected chi connectivity index (χ4v) is 4.04. The van der Waals surface area contributed by atoms with Gasteiger partial charge < -0.3 is 5.32 Å². The number of aromatic nitrogens is 2. The molecular formula is C18H17N3OS. The number of benzene rings is 1. The van der Waals surface area contributed by atoms with E-state index in [2.05, 4.69) is 15.3 Å². The molecule has 4 rings (SSSR count). The van der Waals surface area contributed by atoms with Gasteiger partial charge in [-0.25, -0.2) is 4.98 Å². The number of para-hydroxylation sites is 1. The third-order valence-electron chi connectivity index (χ3n) is 4.24. The number of carbonyl (C=O) groups excluding carboxylic acids is 1. The highest BCUT2D eigenvalue weighted by Crippen LogP contribution is 2.30. The van der Waals surface area contributed by atoms with Crippen LogP contribution in [0.1, 0.15) is 36.0 Å². The van der Waals surface area contributed by atoms with E-state index in [1.165, 1.54) is 12.8 Å². The van der Waals surface area contributed by atoms with Crippen molar-refractivity contribution < 1.29 is 4.79 Å². The van der Waals surface area contributed by atoms with E-state index in [0.29, 0.717) is 17.3 Å². The minimum atomic E-state index is -0.0424. The molecule has 1 saturated carbocycles. The number of hydrogen-bond acceptors (Lipinski definition) is 4. The Hall–Kier alpha value is -2.27. The highest BCUT2D eigenvalue weighted by molar-refractivity contribution is 7.21. The number of pyridine rings is 1. The van der Waals surface area contributed by atoms with Crippen LogP contribution in [0, 0.1) is 0 Å². The zero-order chi connectivity index (χ0) is 15.6. The van der Waals surface area contributed by atoms with E-state index in [4.69, 9.17) is 0 Å². The molecule has 0 radical (unpaired) electrons. The van der Waals surface area contributed by atoms with Gasteiger partial charge in [0.2, 0.25) is 0 Å². The van der Waals surface area contributed by atoms with Gasteiger partial charge in [0, 0.05) is 12.2 Å². The molecule has 5 heteroatoms. The van der Waals surface area contributed by atoms with Gasteiger partial charge in [-0.2, -0.15) is 0 Å². The van der Waals surface area contributed by atoms with Gasteiger partial charge in [-0.3, -0.25) is 9.78 Å². The summed E-state index contributed by atoms with van der Waals surface area (Å²) in [6.45, 7) is 0. The number of rotatable bonds is 3. The summed E-state index contributed by atoms with van der Waals surface area (Å²) in [5, 5.41) is 3.93. The molecule has 4 nitrogen and oxygen atoms in total. The lowest BCUT2D eigenvalue weighted by Gasteiger charge is -2.13. The van der Waals surface area contributed by atoms with Crippen LogP contribution in [0.25, 0.3) is 20.9 Å². The molecule has 23 heavy (non-hydrogen) atoms. The van der Waals surface area contributed by atoms with E-state index in [-0.39, 0.29) is 5.91 Å². The summed E-state index contributed by atoms with van der Waals surface area (Å²) in [6, 6.07) is 11.9. The molecule has 1 aliphatic rings. The maximum absolute atomic E-state index is 12.6. The van der Waals surface area contributed by atoms with Gasteiger partial charge in [0.05, 0.1) is 15.8 Å². The Balaban J connectivity index is 1.69. The molecule has 2 heterocycles. The third kappa shape index (κ3) is 2.84. The predicted molar refractivity (Wildman–Crippen MR) is 92.6 cm³/mol. The smallest absolute Gasteiger partial charge is 0.253 e. The van der Waals surface area contributed by atoms with Crippen LogP contribution in [-0.4, -0.2) is 21.9 Å². The molecular weight excluding hydrogens is 306 g/mol. The first kappa shape index (κ1) is 14.3. The predicted octanol–water partition coefficient (Wildman–Crippen LogP) is 4.03. The maximum atomic E-state index is 12.6. The van der Waals surface area contributed by atoms with Crippen LogP contribution in [0.3, 0.4) is 0 Å². The van der Waals surface area contributed by atoms with E-state index in [1.54, 1.807) is 23.6 Å². The van der Waals surface area contributed by atoms with Crippen molar-refractivity contribution in [3.8, 4) is 10.7 Å². The quantitative estimate of drug-likeness (QED) is 0.791. The first-order valence-electron chi connectivity index (χ1n) is 7.93. The van der Waals surface area contributed by atoms with Gasteiger partial charge in [-0.05, 0) is 37.1 Å². The van der Waals surface area contributed by atoms with Gasteiger partial charge in [-0.1, -0.05) is 25.0 Å². The molecule has 0 saturated heterocycles. The maximum Gasteiger partial charge on any atom is 0.253 e. The van der Waals surface area contributed by atoms with Crippen molar-refractivity contribution >= 4 is 27.5 Å². The standard InChI is InChI=1S/C18H17N3OS/c22-17(20-12-6-1-2-7-12)13-8-5-11-19-16(13)18-21-14-9-3-4-10-15(14)23-18/h3-5,8-12H,1-2,6-7H2,(H,20,22). The first-order valence-corrected chi connectivity index (χ1v) is 8.75. The summed E-state index contributed by atoms with van der Waals surface area (Å²) in [6.07, 6.45) is 6.25. The fourth-order valence-electron chi connectivity index (χ4n) is 3.07. The van der Waals surface area contributed by atoms with E-state index < -0.39 is 0 Å². The van der Waals surface area contributed by atoms with E-state index in [9.17, 15) is 4.79 Å². The Morgan fingerprint density at radius 3 is 2.78 bits per heavy atom. The zero-order valence-corrected chi connectivity index (χ0v) is 13.5. The van der Waals surface area contributed by atoms with Gasteiger partial charge in [0.15, 0.2) is 0 Å². The highest BCUT2D eigenvalue weighted by atomic mass is 32.1. The minimum absolute atomic E-state index is 0.0424.